The molecule has 0 fully saturated rings. The summed E-state index contributed by atoms with van der Waals surface area (Å²) in [4.78, 5) is 0. The number of rotatable bonds is 6. The van der Waals surface area contributed by atoms with E-state index in [-0.39, 0.29) is 24.5 Å². The Kier molecular flexibility index (Phi) is 3.99. The summed E-state index contributed by atoms with van der Waals surface area (Å²) in [5.74, 6) is 0.515. The molecule has 0 bridgehead atoms. The molecule has 2 rings (SSSR count). The standard InChI is InChI=1S/C11H12N4O3S/c12-5-2-7-15(9-10-3-1-8-18-10)19(16,17)11-4-6-13-14-11/h1,3-4,6,8H,2,7,9H2,(H,13,14). The molecule has 100 valence electrons. The first-order valence-corrected chi connectivity index (χ1v) is 6.97. The van der Waals surface area contributed by atoms with Gasteiger partial charge in [-0.3, -0.25) is 5.10 Å². The van der Waals surface area contributed by atoms with Crippen LogP contribution < -0.4 is 0 Å². The van der Waals surface area contributed by atoms with Gasteiger partial charge in [-0.05, 0) is 18.2 Å². The lowest BCUT2D eigenvalue weighted by Gasteiger charge is -2.18. The first-order valence-electron chi connectivity index (χ1n) is 5.53. The van der Waals surface area contributed by atoms with Crippen LogP contribution in [0.3, 0.4) is 0 Å². The van der Waals surface area contributed by atoms with Crippen molar-refractivity contribution in [3.8, 4) is 6.07 Å². The predicted octanol–water partition coefficient (Wildman–Crippen LogP) is 1.11. The molecular formula is C11H12N4O3S. The highest BCUT2D eigenvalue weighted by Gasteiger charge is 2.26. The van der Waals surface area contributed by atoms with Crippen LogP contribution in [0.4, 0.5) is 0 Å². The molecule has 0 aliphatic rings. The van der Waals surface area contributed by atoms with E-state index in [1.54, 1.807) is 12.1 Å². The lowest BCUT2D eigenvalue weighted by molar-refractivity contribution is 0.367. The Morgan fingerprint density at radius 3 is 2.89 bits per heavy atom. The Bertz CT molecular complexity index is 641. The first kappa shape index (κ1) is 13.3. The number of nitrogens with one attached hydrogen (secondary N) is 1. The van der Waals surface area contributed by atoms with E-state index < -0.39 is 10.0 Å². The fourth-order valence-corrected chi connectivity index (χ4v) is 2.87. The minimum absolute atomic E-state index is 0.00278. The van der Waals surface area contributed by atoms with E-state index in [1.807, 2.05) is 6.07 Å². The van der Waals surface area contributed by atoms with Crippen molar-refractivity contribution in [1.29, 1.82) is 5.26 Å². The van der Waals surface area contributed by atoms with Gasteiger partial charge in [-0.25, -0.2) is 8.42 Å². The van der Waals surface area contributed by atoms with Crippen LogP contribution in [0.1, 0.15) is 12.2 Å². The van der Waals surface area contributed by atoms with Crippen LogP contribution in [0, 0.1) is 11.3 Å². The minimum atomic E-state index is -3.70. The zero-order valence-electron chi connectivity index (χ0n) is 9.98. The number of aromatic amines is 1. The lowest BCUT2D eigenvalue weighted by Crippen LogP contribution is -2.31. The number of furan rings is 1. The summed E-state index contributed by atoms with van der Waals surface area (Å²) < 4.78 is 31.0. The average Bonchev–Trinajstić information content (AvgIpc) is 3.06. The van der Waals surface area contributed by atoms with Crippen molar-refractivity contribution < 1.29 is 12.8 Å². The van der Waals surface area contributed by atoms with Gasteiger partial charge < -0.3 is 4.42 Å². The Balaban J connectivity index is 2.25. The summed E-state index contributed by atoms with van der Waals surface area (Å²) in [5.41, 5.74) is 0. The monoisotopic (exact) mass is 280 g/mol. The second-order valence-electron chi connectivity index (χ2n) is 3.75. The lowest BCUT2D eigenvalue weighted by atomic mass is 10.4. The van der Waals surface area contributed by atoms with Gasteiger partial charge in [-0.1, -0.05) is 0 Å². The molecule has 0 saturated carbocycles. The Morgan fingerprint density at radius 2 is 2.32 bits per heavy atom. The second kappa shape index (κ2) is 5.69. The summed E-state index contributed by atoms with van der Waals surface area (Å²) in [5, 5.41) is 14.7. The van der Waals surface area contributed by atoms with Crippen molar-refractivity contribution in [2.24, 2.45) is 0 Å². The van der Waals surface area contributed by atoms with Gasteiger partial charge in [0.2, 0.25) is 0 Å². The van der Waals surface area contributed by atoms with Crippen molar-refractivity contribution in [3.63, 3.8) is 0 Å². The molecular weight excluding hydrogens is 268 g/mol. The number of aromatic nitrogens is 2. The van der Waals surface area contributed by atoms with E-state index in [0.29, 0.717) is 5.76 Å². The van der Waals surface area contributed by atoms with E-state index in [2.05, 4.69) is 10.2 Å². The highest BCUT2D eigenvalue weighted by atomic mass is 32.2. The Morgan fingerprint density at radius 1 is 1.47 bits per heavy atom. The third-order valence-electron chi connectivity index (χ3n) is 2.48. The molecule has 2 heterocycles. The van der Waals surface area contributed by atoms with Crippen molar-refractivity contribution in [2.45, 2.75) is 18.0 Å². The van der Waals surface area contributed by atoms with Crippen LogP contribution >= 0.6 is 0 Å². The molecule has 0 spiro atoms. The number of hydrogen-bond donors (Lipinski definition) is 1. The van der Waals surface area contributed by atoms with Crippen LogP contribution in [-0.4, -0.2) is 29.5 Å². The topological polar surface area (TPSA) is 103 Å². The normalized spacial score (nSPS) is 11.6. The van der Waals surface area contributed by atoms with Crippen LogP contribution in [0.25, 0.3) is 0 Å². The van der Waals surface area contributed by atoms with E-state index >= 15 is 0 Å². The molecule has 2 aromatic heterocycles. The number of sulfonamides is 1. The molecule has 0 unspecified atom stereocenters. The Hall–Kier alpha value is -2.11. The first-order chi connectivity index (χ1) is 9.14. The molecule has 0 aliphatic carbocycles. The molecule has 19 heavy (non-hydrogen) atoms. The van der Waals surface area contributed by atoms with E-state index in [4.69, 9.17) is 9.68 Å². The molecule has 0 aromatic carbocycles. The Labute approximate surface area is 110 Å². The molecule has 2 aromatic rings. The molecule has 8 heteroatoms. The summed E-state index contributed by atoms with van der Waals surface area (Å²) in [7, 11) is -3.70. The SMILES string of the molecule is N#CCCN(Cc1ccco1)S(=O)(=O)c1ccn[nH]1. The number of H-pyrrole nitrogens is 1. The minimum Gasteiger partial charge on any atom is -0.468 e. The predicted molar refractivity (Wildman–Crippen MR) is 65.1 cm³/mol. The van der Waals surface area contributed by atoms with Crippen molar-refractivity contribution in [1.82, 2.24) is 14.5 Å². The average molecular weight is 280 g/mol. The maximum Gasteiger partial charge on any atom is 0.260 e. The van der Waals surface area contributed by atoms with Crippen LogP contribution in [-0.2, 0) is 16.6 Å². The zero-order chi connectivity index (χ0) is 13.7. The van der Waals surface area contributed by atoms with Crippen molar-refractivity contribution in [2.75, 3.05) is 6.54 Å². The van der Waals surface area contributed by atoms with E-state index in [1.165, 1.54) is 22.8 Å². The van der Waals surface area contributed by atoms with E-state index in [9.17, 15) is 8.42 Å². The van der Waals surface area contributed by atoms with Gasteiger partial charge in [0, 0.05) is 13.0 Å². The number of nitriles is 1. The van der Waals surface area contributed by atoms with E-state index in [0.717, 1.165) is 0 Å². The van der Waals surface area contributed by atoms with Crippen LogP contribution in [0.15, 0.2) is 40.1 Å². The van der Waals surface area contributed by atoms with Gasteiger partial charge in [-0.15, -0.1) is 0 Å². The van der Waals surface area contributed by atoms with Crippen molar-refractivity contribution >= 4 is 10.0 Å². The highest BCUT2D eigenvalue weighted by molar-refractivity contribution is 7.89. The summed E-state index contributed by atoms with van der Waals surface area (Å²) in [6.07, 6.45) is 2.94. The maximum absolute atomic E-state index is 12.3. The zero-order valence-corrected chi connectivity index (χ0v) is 10.8. The van der Waals surface area contributed by atoms with Gasteiger partial charge in [0.1, 0.15) is 5.76 Å². The van der Waals surface area contributed by atoms with Gasteiger partial charge in [-0.2, -0.15) is 14.7 Å². The molecule has 7 nitrogen and oxygen atoms in total. The third-order valence-corrected chi connectivity index (χ3v) is 4.25. The van der Waals surface area contributed by atoms with Crippen LogP contribution in [0.2, 0.25) is 0 Å². The smallest absolute Gasteiger partial charge is 0.260 e. The summed E-state index contributed by atoms with van der Waals surface area (Å²) in [6, 6.07) is 6.67. The van der Waals surface area contributed by atoms with Gasteiger partial charge in [0.15, 0.2) is 5.03 Å². The highest BCUT2D eigenvalue weighted by Crippen LogP contribution is 2.16. The number of hydrogen-bond acceptors (Lipinski definition) is 5. The molecule has 0 saturated heterocycles. The fraction of sp³-hybridized carbons (Fsp3) is 0.273. The maximum atomic E-state index is 12.3. The van der Waals surface area contributed by atoms with Crippen LogP contribution in [0.5, 0.6) is 0 Å². The summed E-state index contributed by atoms with van der Waals surface area (Å²) in [6.45, 7) is 0.175. The molecule has 0 aliphatic heterocycles. The number of nitrogens with zero attached hydrogens (tertiary/aromatic N) is 3. The molecule has 1 N–H and O–H groups in total. The quantitative estimate of drug-likeness (QED) is 0.853. The molecule has 0 amide bonds. The fourth-order valence-electron chi connectivity index (χ4n) is 1.56. The largest absolute Gasteiger partial charge is 0.468 e. The van der Waals surface area contributed by atoms with Gasteiger partial charge in [0.25, 0.3) is 10.0 Å². The second-order valence-corrected chi connectivity index (χ2v) is 5.65. The van der Waals surface area contributed by atoms with Crippen molar-refractivity contribution in [3.05, 3.63) is 36.4 Å². The van der Waals surface area contributed by atoms with Gasteiger partial charge in [0.05, 0.1) is 25.1 Å². The molecule has 0 radical (unpaired) electrons. The van der Waals surface area contributed by atoms with Gasteiger partial charge >= 0.3 is 0 Å². The third kappa shape index (κ3) is 3.01. The summed E-state index contributed by atoms with van der Waals surface area (Å²) >= 11 is 0. The molecule has 0 atom stereocenters.